The molecule has 1 aliphatic carbocycles. The number of allylic oxidation sites excluding steroid dienone is 1. The molecule has 7 nitrogen and oxygen atoms in total. The van der Waals surface area contributed by atoms with Gasteiger partial charge >= 0.3 is 5.97 Å². The maximum Gasteiger partial charge on any atom is 0.344 e. The number of esters is 1. The quantitative estimate of drug-likeness (QED) is 0.342. The van der Waals surface area contributed by atoms with Gasteiger partial charge in [-0.05, 0) is 78.4 Å². The summed E-state index contributed by atoms with van der Waals surface area (Å²) in [4.78, 5) is 25.9. The van der Waals surface area contributed by atoms with Crippen LogP contribution in [0, 0.1) is 17.6 Å². The van der Waals surface area contributed by atoms with Crippen LogP contribution in [0.25, 0.3) is 6.08 Å². The molecule has 2 unspecified atom stereocenters. The molecule has 2 aliphatic rings. The highest BCUT2D eigenvalue weighted by molar-refractivity contribution is 6.08. The molecule has 5 rings (SSSR count). The molecule has 0 spiro atoms. The minimum absolute atomic E-state index is 0.0877. The van der Waals surface area contributed by atoms with Crippen LogP contribution in [0.1, 0.15) is 46.8 Å². The Bertz CT molecular complexity index is 1450. The molecule has 1 amide bonds. The topological polar surface area (TPSA) is 77.4 Å². The van der Waals surface area contributed by atoms with Gasteiger partial charge in [-0.25, -0.2) is 18.6 Å². The number of amides is 1. The molecule has 206 valence electrons. The van der Waals surface area contributed by atoms with Crippen molar-refractivity contribution in [1.29, 1.82) is 0 Å². The van der Waals surface area contributed by atoms with Gasteiger partial charge in [0.25, 0.3) is 5.91 Å². The fourth-order valence-electron chi connectivity index (χ4n) is 5.20. The van der Waals surface area contributed by atoms with Crippen molar-refractivity contribution in [1.82, 2.24) is 5.01 Å². The number of fused-ring (bicyclic) bond motifs is 1. The maximum atomic E-state index is 14.1. The first kappa shape index (κ1) is 27.1. The average Bonchev–Trinajstić information content (AvgIpc) is 3.37. The van der Waals surface area contributed by atoms with E-state index in [0.29, 0.717) is 5.75 Å². The van der Waals surface area contributed by atoms with Gasteiger partial charge in [0.05, 0.1) is 26.0 Å². The van der Waals surface area contributed by atoms with E-state index in [1.165, 1.54) is 5.01 Å². The summed E-state index contributed by atoms with van der Waals surface area (Å²) in [5.74, 6) is -2.64. The van der Waals surface area contributed by atoms with E-state index in [1.54, 1.807) is 14.2 Å². The summed E-state index contributed by atoms with van der Waals surface area (Å²) in [6.07, 6.45) is 4.56. The first-order valence-corrected chi connectivity index (χ1v) is 12.9. The van der Waals surface area contributed by atoms with Crippen LogP contribution in [-0.4, -0.2) is 43.4 Å². The third-order valence-corrected chi connectivity index (χ3v) is 7.16. The lowest BCUT2D eigenvalue weighted by atomic mass is 9.77. The molecule has 1 fully saturated rings. The lowest BCUT2D eigenvalue weighted by Crippen LogP contribution is -2.34. The Morgan fingerprint density at radius 1 is 0.950 bits per heavy atom. The molecule has 2 atom stereocenters. The number of rotatable bonds is 7. The second kappa shape index (κ2) is 11.7. The van der Waals surface area contributed by atoms with E-state index < -0.39 is 41.7 Å². The van der Waals surface area contributed by atoms with Crippen LogP contribution in [0.15, 0.2) is 77.4 Å². The molecular weight excluding hydrogens is 518 g/mol. The first-order valence-electron chi connectivity index (χ1n) is 12.9. The normalized spacial score (nSPS) is 19.1. The molecular formula is C31H28F2N2O5. The van der Waals surface area contributed by atoms with E-state index in [-0.39, 0.29) is 5.92 Å². The number of nitrogens with zero attached hydrogens (tertiary/aromatic N) is 2. The molecule has 40 heavy (non-hydrogen) atoms. The summed E-state index contributed by atoms with van der Waals surface area (Å²) in [5, 5.41) is 6.08. The number of ether oxygens (including phenoxy) is 3. The van der Waals surface area contributed by atoms with E-state index in [9.17, 15) is 18.4 Å². The highest BCUT2D eigenvalue weighted by Crippen LogP contribution is 2.44. The van der Waals surface area contributed by atoms with E-state index in [2.05, 4.69) is 6.08 Å². The largest absolute Gasteiger partial charge is 0.497 e. The highest BCUT2D eigenvalue weighted by Gasteiger charge is 2.44. The van der Waals surface area contributed by atoms with E-state index >= 15 is 0 Å². The minimum atomic E-state index is -1.26. The van der Waals surface area contributed by atoms with Crippen molar-refractivity contribution < 1.29 is 32.6 Å². The van der Waals surface area contributed by atoms with Gasteiger partial charge < -0.3 is 14.2 Å². The third kappa shape index (κ3) is 5.45. The fraction of sp³-hybridized carbons (Fsp3) is 0.258. The Morgan fingerprint density at radius 2 is 1.57 bits per heavy atom. The predicted molar refractivity (Wildman–Crippen MR) is 145 cm³/mol. The Balaban J connectivity index is 1.44. The zero-order valence-electron chi connectivity index (χ0n) is 22.1. The van der Waals surface area contributed by atoms with Crippen LogP contribution in [0.4, 0.5) is 8.78 Å². The van der Waals surface area contributed by atoms with E-state index in [4.69, 9.17) is 19.3 Å². The summed E-state index contributed by atoms with van der Waals surface area (Å²) < 4.78 is 43.7. The van der Waals surface area contributed by atoms with Gasteiger partial charge in [-0.3, -0.25) is 4.79 Å². The Kier molecular flexibility index (Phi) is 7.91. The van der Waals surface area contributed by atoms with Crippen molar-refractivity contribution in [3.8, 4) is 11.5 Å². The lowest BCUT2D eigenvalue weighted by molar-refractivity contribution is -0.137. The number of benzene rings is 3. The van der Waals surface area contributed by atoms with Gasteiger partial charge in [0.15, 0.2) is 6.61 Å². The zero-order valence-corrected chi connectivity index (χ0v) is 22.1. The van der Waals surface area contributed by atoms with Gasteiger partial charge in [-0.2, -0.15) is 5.10 Å². The van der Waals surface area contributed by atoms with Gasteiger partial charge in [0.2, 0.25) is 0 Å². The van der Waals surface area contributed by atoms with Crippen LogP contribution in [0.5, 0.6) is 11.5 Å². The molecule has 3 aromatic carbocycles. The zero-order chi connectivity index (χ0) is 28.2. The van der Waals surface area contributed by atoms with Gasteiger partial charge in [-0.15, -0.1) is 0 Å². The molecule has 1 heterocycles. The smallest absolute Gasteiger partial charge is 0.344 e. The number of methoxy groups -OCH3 is 2. The van der Waals surface area contributed by atoms with E-state index in [1.807, 2.05) is 48.5 Å². The number of hydrogen-bond donors (Lipinski definition) is 0. The first-order chi connectivity index (χ1) is 19.4. The summed E-state index contributed by atoms with van der Waals surface area (Å²) >= 11 is 0. The molecule has 0 bridgehead atoms. The van der Waals surface area contributed by atoms with Crippen molar-refractivity contribution in [2.45, 2.75) is 25.3 Å². The number of carbonyl (C=O) groups is 2. The standard InChI is InChI=1S/C31H28F2N2O5/c1-38-22-13-9-19(10-14-22)17-21-5-3-6-24-29(21)34-35(30(24)20-11-15-23(39-2)16-12-20)27(36)18-40-31(37)28-25(32)7-4-8-26(28)33/h4,7-17,24,30H,3,5-6,18H2,1-2H3/b21-17-. The Hall–Kier alpha value is -4.53. The number of carbonyl (C=O) groups excluding carboxylic acids is 2. The molecule has 1 saturated carbocycles. The fourth-order valence-corrected chi connectivity index (χ4v) is 5.20. The number of halogens is 2. The molecule has 0 radical (unpaired) electrons. The summed E-state index contributed by atoms with van der Waals surface area (Å²) in [5.41, 5.74) is 2.79. The highest BCUT2D eigenvalue weighted by atomic mass is 19.1. The number of hydrogen-bond acceptors (Lipinski definition) is 6. The minimum Gasteiger partial charge on any atom is -0.497 e. The molecule has 0 N–H and O–H groups in total. The monoisotopic (exact) mass is 546 g/mol. The van der Waals surface area contributed by atoms with Crippen molar-refractivity contribution in [3.63, 3.8) is 0 Å². The van der Waals surface area contributed by atoms with Crippen molar-refractivity contribution >= 4 is 23.7 Å². The van der Waals surface area contributed by atoms with Gasteiger partial charge in [0, 0.05) is 5.92 Å². The summed E-state index contributed by atoms with van der Waals surface area (Å²) in [7, 11) is 3.19. The SMILES string of the molecule is COc1ccc(/C=C2/CCCC3C2=NN(C(=O)COC(=O)c2c(F)cccc2F)C3c2ccc(OC)cc2)cc1. The maximum absolute atomic E-state index is 14.1. The number of hydrazone groups is 1. The Morgan fingerprint density at radius 3 is 2.20 bits per heavy atom. The third-order valence-electron chi connectivity index (χ3n) is 7.16. The lowest BCUT2D eigenvalue weighted by Gasteiger charge is -2.29. The van der Waals surface area contributed by atoms with Crippen LogP contribution in [0.2, 0.25) is 0 Å². The second-order valence-corrected chi connectivity index (χ2v) is 9.56. The van der Waals surface area contributed by atoms with Crippen LogP contribution >= 0.6 is 0 Å². The van der Waals surface area contributed by atoms with Crippen LogP contribution in [-0.2, 0) is 9.53 Å². The van der Waals surface area contributed by atoms with E-state index in [0.717, 1.165) is 65.6 Å². The molecule has 3 aromatic rings. The van der Waals surface area contributed by atoms with Crippen molar-refractivity contribution in [2.24, 2.45) is 11.0 Å². The average molecular weight is 547 g/mol. The van der Waals surface area contributed by atoms with Crippen molar-refractivity contribution in [3.05, 3.63) is 101 Å². The van der Waals surface area contributed by atoms with Gasteiger partial charge in [-0.1, -0.05) is 30.3 Å². The van der Waals surface area contributed by atoms with Crippen LogP contribution < -0.4 is 9.47 Å². The molecule has 9 heteroatoms. The molecule has 0 saturated heterocycles. The van der Waals surface area contributed by atoms with Crippen molar-refractivity contribution in [2.75, 3.05) is 20.8 Å². The predicted octanol–water partition coefficient (Wildman–Crippen LogP) is 5.96. The summed E-state index contributed by atoms with van der Waals surface area (Å²) in [6, 6.07) is 17.7. The second-order valence-electron chi connectivity index (χ2n) is 9.56. The van der Waals surface area contributed by atoms with Gasteiger partial charge in [0.1, 0.15) is 28.7 Å². The summed E-state index contributed by atoms with van der Waals surface area (Å²) in [6.45, 7) is -0.722. The molecule has 1 aliphatic heterocycles. The molecule has 0 aromatic heterocycles. The Labute approximate surface area is 230 Å². The van der Waals surface area contributed by atoms with Crippen LogP contribution in [0.3, 0.4) is 0 Å².